The van der Waals surface area contributed by atoms with Crippen molar-refractivity contribution < 1.29 is 17.9 Å². The first kappa shape index (κ1) is 20.2. The lowest BCUT2D eigenvalue weighted by atomic mass is 10.2. The highest BCUT2D eigenvalue weighted by molar-refractivity contribution is 7.92. The van der Waals surface area contributed by atoms with E-state index in [0.717, 1.165) is 15.6 Å². The lowest BCUT2D eigenvalue weighted by Gasteiger charge is -2.18. The standard InChI is InChI=1S/C20H22N2O4S2/c1-5-28(24,25)22(3)15-7-9-18-14(11-15)12-19(27-18)20(23)21-16-10-13(2)6-8-17(16)26-4/h6-12H,5H2,1-4H3,(H,21,23). The van der Waals surface area contributed by atoms with Crippen LogP contribution in [0.1, 0.15) is 22.2 Å². The van der Waals surface area contributed by atoms with Crippen LogP contribution >= 0.6 is 11.3 Å². The third-order valence-electron chi connectivity index (χ3n) is 4.47. The van der Waals surface area contributed by atoms with Gasteiger partial charge in [-0.15, -0.1) is 11.3 Å². The minimum atomic E-state index is -3.34. The van der Waals surface area contributed by atoms with Crippen LogP contribution in [0.4, 0.5) is 11.4 Å². The summed E-state index contributed by atoms with van der Waals surface area (Å²) >= 11 is 1.36. The Balaban J connectivity index is 1.90. The number of thiophene rings is 1. The third kappa shape index (κ3) is 3.98. The van der Waals surface area contributed by atoms with Crippen LogP contribution in [0.25, 0.3) is 10.1 Å². The second-order valence-corrected chi connectivity index (χ2v) is 9.73. The number of hydrogen-bond donors (Lipinski definition) is 1. The molecule has 0 atom stereocenters. The Hall–Kier alpha value is -2.58. The lowest BCUT2D eigenvalue weighted by molar-refractivity contribution is 0.103. The normalized spacial score (nSPS) is 11.4. The van der Waals surface area contributed by atoms with Gasteiger partial charge in [0.2, 0.25) is 10.0 Å². The van der Waals surface area contributed by atoms with E-state index in [1.54, 1.807) is 32.2 Å². The van der Waals surface area contributed by atoms with Crippen molar-refractivity contribution in [3.63, 3.8) is 0 Å². The molecule has 148 valence electrons. The molecule has 3 aromatic rings. The molecule has 1 amide bonds. The van der Waals surface area contributed by atoms with Gasteiger partial charge in [0.05, 0.1) is 29.1 Å². The quantitative estimate of drug-likeness (QED) is 0.649. The minimum absolute atomic E-state index is 0.0250. The van der Waals surface area contributed by atoms with E-state index in [1.165, 1.54) is 22.7 Å². The summed E-state index contributed by atoms with van der Waals surface area (Å²) in [6.07, 6.45) is 0. The van der Waals surface area contributed by atoms with Gasteiger partial charge in [-0.2, -0.15) is 0 Å². The summed E-state index contributed by atoms with van der Waals surface area (Å²) < 4.78 is 31.7. The molecular formula is C20H22N2O4S2. The van der Waals surface area contributed by atoms with Crippen LogP contribution in [0.15, 0.2) is 42.5 Å². The molecule has 0 fully saturated rings. The Bertz CT molecular complexity index is 1140. The van der Waals surface area contributed by atoms with Crippen LogP contribution in [0.5, 0.6) is 5.75 Å². The van der Waals surface area contributed by atoms with Crippen molar-refractivity contribution in [1.29, 1.82) is 0 Å². The van der Waals surface area contributed by atoms with Crippen LogP contribution in [0.3, 0.4) is 0 Å². The number of aryl methyl sites for hydroxylation is 1. The second-order valence-electron chi connectivity index (χ2n) is 6.36. The van der Waals surface area contributed by atoms with Crippen molar-refractivity contribution in [2.45, 2.75) is 13.8 Å². The molecule has 8 heteroatoms. The number of carbonyl (C=O) groups excluding carboxylic acids is 1. The topological polar surface area (TPSA) is 75.7 Å². The highest BCUT2D eigenvalue weighted by atomic mass is 32.2. The average molecular weight is 419 g/mol. The van der Waals surface area contributed by atoms with Gasteiger partial charge in [-0.25, -0.2) is 8.42 Å². The number of hydrogen-bond acceptors (Lipinski definition) is 5. The summed E-state index contributed by atoms with van der Waals surface area (Å²) in [5, 5.41) is 3.71. The first-order valence-corrected chi connectivity index (χ1v) is 11.1. The number of nitrogens with one attached hydrogen (secondary N) is 1. The number of carbonyl (C=O) groups is 1. The molecule has 2 aromatic carbocycles. The smallest absolute Gasteiger partial charge is 0.265 e. The van der Waals surface area contributed by atoms with Gasteiger partial charge >= 0.3 is 0 Å². The van der Waals surface area contributed by atoms with Gasteiger partial charge in [-0.1, -0.05) is 6.07 Å². The van der Waals surface area contributed by atoms with Crippen LogP contribution in [-0.2, 0) is 10.0 Å². The van der Waals surface area contributed by atoms with Gasteiger partial charge in [0.25, 0.3) is 5.91 Å². The summed E-state index contributed by atoms with van der Waals surface area (Å²) in [6.45, 7) is 3.55. The molecular weight excluding hydrogens is 396 g/mol. The Morgan fingerprint density at radius 2 is 1.93 bits per heavy atom. The number of rotatable bonds is 6. The maximum absolute atomic E-state index is 12.7. The predicted molar refractivity (Wildman–Crippen MR) is 115 cm³/mol. The molecule has 0 radical (unpaired) electrons. The highest BCUT2D eigenvalue weighted by Gasteiger charge is 2.18. The first-order valence-electron chi connectivity index (χ1n) is 8.71. The van der Waals surface area contributed by atoms with E-state index in [1.807, 2.05) is 31.2 Å². The van der Waals surface area contributed by atoms with E-state index in [-0.39, 0.29) is 11.7 Å². The summed E-state index contributed by atoms with van der Waals surface area (Å²) in [7, 11) is -0.249. The highest BCUT2D eigenvalue weighted by Crippen LogP contribution is 2.32. The zero-order chi connectivity index (χ0) is 20.5. The molecule has 0 spiro atoms. The third-order valence-corrected chi connectivity index (χ3v) is 7.36. The molecule has 0 aliphatic rings. The number of ether oxygens (including phenoxy) is 1. The van der Waals surface area contributed by atoms with E-state index in [2.05, 4.69) is 5.32 Å². The number of benzene rings is 2. The van der Waals surface area contributed by atoms with E-state index >= 15 is 0 Å². The van der Waals surface area contributed by atoms with Crippen molar-refractivity contribution in [2.24, 2.45) is 0 Å². The van der Waals surface area contributed by atoms with Gasteiger partial charge in [-0.3, -0.25) is 9.10 Å². The minimum Gasteiger partial charge on any atom is -0.495 e. The largest absolute Gasteiger partial charge is 0.495 e. The van der Waals surface area contributed by atoms with Crippen molar-refractivity contribution in [3.05, 3.63) is 52.9 Å². The van der Waals surface area contributed by atoms with E-state index in [0.29, 0.717) is 22.0 Å². The second kappa shape index (κ2) is 7.81. The molecule has 1 N–H and O–H groups in total. The monoisotopic (exact) mass is 418 g/mol. The number of fused-ring (bicyclic) bond motifs is 1. The average Bonchev–Trinajstić information content (AvgIpc) is 3.11. The van der Waals surface area contributed by atoms with E-state index < -0.39 is 10.0 Å². The molecule has 0 bridgehead atoms. The van der Waals surface area contributed by atoms with Crippen LogP contribution < -0.4 is 14.4 Å². The molecule has 0 unspecified atom stereocenters. The molecule has 1 aromatic heterocycles. The summed E-state index contributed by atoms with van der Waals surface area (Å²) in [6, 6.07) is 12.7. The molecule has 0 aliphatic heterocycles. The van der Waals surface area contributed by atoms with Gasteiger partial charge in [0, 0.05) is 11.7 Å². The van der Waals surface area contributed by atoms with Crippen LogP contribution in [-0.4, -0.2) is 34.2 Å². The van der Waals surface area contributed by atoms with Crippen molar-refractivity contribution >= 4 is 48.7 Å². The Morgan fingerprint density at radius 3 is 2.61 bits per heavy atom. The molecule has 28 heavy (non-hydrogen) atoms. The van der Waals surface area contributed by atoms with Gasteiger partial charge in [-0.05, 0) is 61.2 Å². The molecule has 1 heterocycles. The Labute approximate surface area is 168 Å². The van der Waals surface area contributed by atoms with Gasteiger partial charge in [0.1, 0.15) is 5.75 Å². The number of amides is 1. The van der Waals surface area contributed by atoms with E-state index in [9.17, 15) is 13.2 Å². The summed E-state index contributed by atoms with van der Waals surface area (Å²) in [5.74, 6) is 0.381. The van der Waals surface area contributed by atoms with Gasteiger partial charge in [0.15, 0.2) is 0 Å². The lowest BCUT2D eigenvalue weighted by Crippen LogP contribution is -2.27. The van der Waals surface area contributed by atoms with E-state index in [4.69, 9.17) is 4.74 Å². The van der Waals surface area contributed by atoms with Crippen molar-refractivity contribution in [2.75, 3.05) is 29.5 Å². The van der Waals surface area contributed by atoms with Gasteiger partial charge < -0.3 is 10.1 Å². The summed E-state index contributed by atoms with van der Waals surface area (Å²) in [5.41, 5.74) is 2.19. The van der Waals surface area contributed by atoms with Crippen molar-refractivity contribution in [3.8, 4) is 5.75 Å². The fraction of sp³-hybridized carbons (Fsp3) is 0.250. The molecule has 0 saturated carbocycles. The molecule has 3 rings (SSSR count). The number of sulfonamides is 1. The molecule has 0 aliphatic carbocycles. The molecule has 6 nitrogen and oxygen atoms in total. The molecule has 0 saturated heterocycles. The zero-order valence-electron chi connectivity index (χ0n) is 16.1. The van der Waals surface area contributed by atoms with Crippen LogP contribution in [0, 0.1) is 6.92 Å². The SMILES string of the molecule is CCS(=O)(=O)N(C)c1ccc2sc(C(=O)Nc3cc(C)ccc3OC)cc2c1. The van der Waals surface area contributed by atoms with Crippen LogP contribution in [0.2, 0.25) is 0 Å². The Kier molecular flexibility index (Phi) is 5.62. The summed E-state index contributed by atoms with van der Waals surface area (Å²) in [4.78, 5) is 13.3. The Morgan fingerprint density at radius 1 is 1.18 bits per heavy atom. The fourth-order valence-corrected chi connectivity index (χ4v) is 4.56. The maximum Gasteiger partial charge on any atom is 0.265 e. The fourth-order valence-electron chi connectivity index (χ4n) is 2.80. The van der Waals surface area contributed by atoms with Crippen molar-refractivity contribution in [1.82, 2.24) is 0 Å². The maximum atomic E-state index is 12.7. The number of methoxy groups -OCH3 is 1. The number of nitrogens with zero attached hydrogens (tertiary/aromatic N) is 1. The zero-order valence-corrected chi connectivity index (χ0v) is 17.8. The first-order chi connectivity index (χ1) is 13.2. The number of anilines is 2. The predicted octanol–water partition coefficient (Wildman–Crippen LogP) is 4.26.